The number of carbonyl (C=O) groups is 1. The van der Waals surface area contributed by atoms with Gasteiger partial charge in [-0.2, -0.15) is 0 Å². The zero-order chi connectivity index (χ0) is 13.0. The van der Waals surface area contributed by atoms with Gasteiger partial charge in [-0.05, 0) is 28.9 Å². The van der Waals surface area contributed by atoms with Crippen LogP contribution >= 0.6 is 31.9 Å². The molecule has 0 aliphatic rings. The number of rotatable bonds is 4. The molecular formula is C10H9Br2NO4. The second-order valence-corrected chi connectivity index (χ2v) is 4.49. The van der Waals surface area contributed by atoms with Crippen LogP contribution in [0.15, 0.2) is 16.6 Å². The number of hydrogen-bond acceptors (Lipinski definition) is 4. The lowest BCUT2D eigenvalue weighted by Gasteiger charge is -2.06. The molecule has 1 aromatic rings. The summed E-state index contributed by atoms with van der Waals surface area (Å²) in [5.41, 5.74) is 0.548. The van der Waals surface area contributed by atoms with Crippen LogP contribution in [-0.4, -0.2) is 17.5 Å². The fourth-order valence-corrected chi connectivity index (χ4v) is 2.25. The highest BCUT2D eigenvalue weighted by Crippen LogP contribution is 2.29. The number of nitro benzene ring substituents is 1. The van der Waals surface area contributed by atoms with E-state index in [9.17, 15) is 14.9 Å². The summed E-state index contributed by atoms with van der Waals surface area (Å²) in [7, 11) is 0. The van der Waals surface area contributed by atoms with E-state index in [-0.39, 0.29) is 17.9 Å². The van der Waals surface area contributed by atoms with E-state index in [4.69, 9.17) is 4.74 Å². The number of benzene rings is 1. The Labute approximate surface area is 115 Å². The van der Waals surface area contributed by atoms with Gasteiger partial charge in [-0.25, -0.2) is 4.79 Å². The maximum absolute atomic E-state index is 11.6. The third-order valence-corrected chi connectivity index (χ3v) is 3.26. The molecule has 0 aromatic heterocycles. The molecule has 0 N–H and O–H groups in total. The monoisotopic (exact) mass is 365 g/mol. The largest absolute Gasteiger partial charge is 0.462 e. The van der Waals surface area contributed by atoms with Gasteiger partial charge in [-0.3, -0.25) is 10.1 Å². The van der Waals surface area contributed by atoms with Gasteiger partial charge < -0.3 is 4.74 Å². The fraction of sp³-hybridized carbons (Fsp3) is 0.300. The number of alkyl halides is 1. The van der Waals surface area contributed by atoms with Crippen LogP contribution in [0.5, 0.6) is 0 Å². The first-order valence-electron chi connectivity index (χ1n) is 4.71. The quantitative estimate of drug-likeness (QED) is 0.354. The molecule has 0 amide bonds. The summed E-state index contributed by atoms with van der Waals surface area (Å²) in [4.78, 5) is 21.9. The number of hydrogen-bond donors (Lipinski definition) is 0. The highest BCUT2D eigenvalue weighted by molar-refractivity contribution is 9.10. The van der Waals surface area contributed by atoms with Gasteiger partial charge in [0.1, 0.15) is 0 Å². The van der Waals surface area contributed by atoms with Gasteiger partial charge in [0, 0.05) is 21.4 Å². The third-order valence-electron chi connectivity index (χ3n) is 2.00. The second-order valence-electron chi connectivity index (χ2n) is 3.07. The number of ether oxygens (including phenoxy) is 1. The fourth-order valence-electron chi connectivity index (χ4n) is 1.25. The van der Waals surface area contributed by atoms with Crippen molar-refractivity contribution in [3.63, 3.8) is 0 Å². The van der Waals surface area contributed by atoms with E-state index in [1.54, 1.807) is 13.0 Å². The SMILES string of the molecule is CCOC(=O)c1cc([N+](=O)[O-])c(CBr)cc1Br. The summed E-state index contributed by atoms with van der Waals surface area (Å²) < 4.78 is 5.30. The minimum absolute atomic E-state index is 0.104. The van der Waals surface area contributed by atoms with Crippen molar-refractivity contribution < 1.29 is 14.5 Å². The Morgan fingerprint density at radius 3 is 2.65 bits per heavy atom. The molecule has 0 saturated heterocycles. The molecule has 7 heteroatoms. The molecule has 1 aromatic carbocycles. The molecule has 0 saturated carbocycles. The van der Waals surface area contributed by atoms with Gasteiger partial charge in [0.2, 0.25) is 0 Å². The molecule has 0 aliphatic heterocycles. The predicted octanol–water partition coefficient (Wildman–Crippen LogP) is 3.43. The molecule has 0 spiro atoms. The van der Waals surface area contributed by atoms with Gasteiger partial charge in [0.05, 0.1) is 17.1 Å². The van der Waals surface area contributed by atoms with Crippen molar-refractivity contribution in [3.05, 3.63) is 37.8 Å². The number of nitrogens with zero attached hydrogens (tertiary/aromatic N) is 1. The smallest absolute Gasteiger partial charge is 0.339 e. The Morgan fingerprint density at radius 1 is 1.53 bits per heavy atom. The predicted molar refractivity (Wildman–Crippen MR) is 69.4 cm³/mol. The molecule has 92 valence electrons. The van der Waals surface area contributed by atoms with E-state index in [2.05, 4.69) is 31.9 Å². The minimum Gasteiger partial charge on any atom is -0.462 e. The number of halogens is 2. The highest BCUT2D eigenvalue weighted by atomic mass is 79.9. The minimum atomic E-state index is -0.580. The van der Waals surface area contributed by atoms with Crippen LogP contribution < -0.4 is 0 Å². The van der Waals surface area contributed by atoms with Crippen molar-refractivity contribution in [1.82, 2.24) is 0 Å². The first kappa shape index (κ1) is 14.1. The second kappa shape index (κ2) is 6.11. The van der Waals surface area contributed by atoms with Crippen LogP contribution in [0, 0.1) is 10.1 Å². The zero-order valence-corrected chi connectivity index (χ0v) is 12.1. The molecule has 0 unspecified atom stereocenters. The van der Waals surface area contributed by atoms with Gasteiger partial charge in [-0.15, -0.1) is 0 Å². The lowest BCUT2D eigenvalue weighted by atomic mass is 10.1. The molecule has 5 nitrogen and oxygen atoms in total. The summed E-state index contributed by atoms with van der Waals surface area (Å²) in [6, 6.07) is 2.76. The lowest BCUT2D eigenvalue weighted by Crippen LogP contribution is -2.07. The van der Waals surface area contributed by atoms with Crippen LogP contribution in [-0.2, 0) is 10.1 Å². The maximum Gasteiger partial charge on any atom is 0.339 e. The van der Waals surface area contributed by atoms with Crippen LogP contribution in [0.3, 0.4) is 0 Å². The summed E-state index contributed by atoms with van der Waals surface area (Å²) in [5, 5.41) is 11.2. The summed E-state index contributed by atoms with van der Waals surface area (Å²) in [6.07, 6.45) is 0. The molecule has 17 heavy (non-hydrogen) atoms. The average molecular weight is 367 g/mol. The Hall–Kier alpha value is -0.950. The summed E-state index contributed by atoms with van der Waals surface area (Å²) in [5.74, 6) is -0.580. The third kappa shape index (κ3) is 3.26. The van der Waals surface area contributed by atoms with Crippen molar-refractivity contribution in [3.8, 4) is 0 Å². The average Bonchev–Trinajstić information content (AvgIpc) is 2.28. The van der Waals surface area contributed by atoms with Crippen molar-refractivity contribution in [2.75, 3.05) is 6.61 Å². The van der Waals surface area contributed by atoms with Crippen molar-refractivity contribution in [2.24, 2.45) is 0 Å². The van der Waals surface area contributed by atoms with Crippen LogP contribution in [0.2, 0.25) is 0 Å². The molecule has 0 radical (unpaired) electrons. The van der Waals surface area contributed by atoms with E-state index < -0.39 is 10.9 Å². The van der Waals surface area contributed by atoms with E-state index in [1.807, 2.05) is 0 Å². The molecular weight excluding hydrogens is 358 g/mol. The molecule has 0 bridgehead atoms. The summed E-state index contributed by atoms with van der Waals surface area (Å²) >= 11 is 6.36. The van der Waals surface area contributed by atoms with Gasteiger partial charge in [0.25, 0.3) is 5.69 Å². The molecule has 1 rings (SSSR count). The first-order valence-corrected chi connectivity index (χ1v) is 6.62. The zero-order valence-electron chi connectivity index (χ0n) is 8.91. The van der Waals surface area contributed by atoms with Crippen LogP contribution in [0.25, 0.3) is 0 Å². The Balaban J connectivity index is 3.29. The molecule has 0 aliphatic carbocycles. The Morgan fingerprint density at radius 2 is 2.18 bits per heavy atom. The van der Waals surface area contributed by atoms with Crippen molar-refractivity contribution in [1.29, 1.82) is 0 Å². The molecule has 0 fully saturated rings. The van der Waals surface area contributed by atoms with Crippen LogP contribution in [0.4, 0.5) is 5.69 Å². The normalized spacial score (nSPS) is 10.1. The number of nitro groups is 1. The first-order chi connectivity index (χ1) is 8.01. The van der Waals surface area contributed by atoms with E-state index in [1.165, 1.54) is 6.07 Å². The van der Waals surface area contributed by atoms with E-state index in [0.29, 0.717) is 15.4 Å². The van der Waals surface area contributed by atoms with Crippen molar-refractivity contribution >= 4 is 43.5 Å². The van der Waals surface area contributed by atoms with Crippen LogP contribution in [0.1, 0.15) is 22.8 Å². The topological polar surface area (TPSA) is 69.4 Å². The Bertz CT molecular complexity index is 462. The van der Waals surface area contributed by atoms with E-state index >= 15 is 0 Å². The number of carbonyl (C=O) groups excluding carboxylic acids is 1. The standard InChI is InChI=1S/C10H9Br2NO4/c1-2-17-10(14)7-4-9(13(15)16)6(5-11)3-8(7)12/h3-4H,2,5H2,1H3. The van der Waals surface area contributed by atoms with Gasteiger partial charge >= 0.3 is 5.97 Å². The van der Waals surface area contributed by atoms with Gasteiger partial charge in [-0.1, -0.05) is 15.9 Å². The van der Waals surface area contributed by atoms with Crippen molar-refractivity contribution in [2.45, 2.75) is 12.3 Å². The Kier molecular flexibility index (Phi) is 5.07. The molecule has 0 atom stereocenters. The highest BCUT2D eigenvalue weighted by Gasteiger charge is 2.20. The summed E-state index contributed by atoms with van der Waals surface area (Å²) in [6.45, 7) is 1.90. The van der Waals surface area contributed by atoms with Gasteiger partial charge in [0.15, 0.2) is 0 Å². The number of esters is 1. The molecule has 0 heterocycles. The maximum atomic E-state index is 11.6. The van der Waals surface area contributed by atoms with E-state index in [0.717, 1.165) is 0 Å². The lowest BCUT2D eigenvalue weighted by molar-refractivity contribution is -0.385.